The van der Waals surface area contributed by atoms with Gasteiger partial charge in [0.15, 0.2) is 0 Å². The van der Waals surface area contributed by atoms with Gasteiger partial charge in [0, 0.05) is 13.1 Å². The van der Waals surface area contributed by atoms with Crippen LogP contribution in [0.25, 0.3) is 10.8 Å². The molecule has 1 aliphatic heterocycles. The topological polar surface area (TPSA) is 90.0 Å². The summed E-state index contributed by atoms with van der Waals surface area (Å²) in [7, 11) is -7.79. The monoisotopic (exact) mass is 433 g/mol. The first-order valence-electron chi connectivity index (χ1n) is 8.97. The minimum atomic E-state index is -4.10. The van der Waals surface area contributed by atoms with Crippen LogP contribution in [0.5, 0.6) is 5.75 Å². The first kappa shape index (κ1) is 19.8. The van der Waals surface area contributed by atoms with Gasteiger partial charge in [-0.2, -0.15) is 12.7 Å². The minimum absolute atomic E-state index is 0.0315. The quantitative estimate of drug-likeness (QED) is 0.575. The fourth-order valence-corrected chi connectivity index (χ4v) is 5.44. The molecule has 29 heavy (non-hydrogen) atoms. The molecule has 0 bridgehead atoms. The van der Waals surface area contributed by atoms with Gasteiger partial charge in [0.2, 0.25) is 10.0 Å². The van der Waals surface area contributed by atoms with Crippen molar-refractivity contribution in [2.24, 2.45) is 0 Å². The smallest absolute Gasteiger partial charge is 0.339 e. The lowest BCUT2D eigenvalue weighted by atomic mass is 10.1. The average Bonchev–Trinajstić information content (AvgIpc) is 2.74. The third kappa shape index (κ3) is 4.13. The van der Waals surface area contributed by atoms with Gasteiger partial charge in [0.05, 0.1) is 18.1 Å². The Bertz CT molecular complexity index is 1230. The highest BCUT2D eigenvalue weighted by Crippen LogP contribution is 2.25. The highest BCUT2D eigenvalue weighted by Gasteiger charge is 2.27. The van der Waals surface area contributed by atoms with E-state index in [4.69, 9.17) is 8.92 Å². The Hall–Kier alpha value is -2.46. The maximum atomic E-state index is 12.7. The Kier molecular flexibility index (Phi) is 5.30. The molecule has 0 aromatic heterocycles. The fourth-order valence-electron chi connectivity index (χ4n) is 3.11. The second kappa shape index (κ2) is 7.75. The van der Waals surface area contributed by atoms with Crippen molar-refractivity contribution in [3.05, 3.63) is 66.7 Å². The van der Waals surface area contributed by atoms with Gasteiger partial charge in [-0.1, -0.05) is 30.3 Å². The van der Waals surface area contributed by atoms with Crippen LogP contribution in [0.1, 0.15) is 0 Å². The van der Waals surface area contributed by atoms with Gasteiger partial charge < -0.3 is 8.92 Å². The summed E-state index contributed by atoms with van der Waals surface area (Å²) in [5.74, 6) is 0.189. The number of rotatable bonds is 5. The summed E-state index contributed by atoms with van der Waals surface area (Å²) < 4.78 is 62.2. The van der Waals surface area contributed by atoms with E-state index >= 15 is 0 Å². The number of hydrogen-bond acceptors (Lipinski definition) is 6. The zero-order chi connectivity index (χ0) is 20.5. The lowest BCUT2D eigenvalue weighted by Crippen LogP contribution is -2.40. The summed E-state index contributed by atoms with van der Waals surface area (Å²) in [6.45, 7) is 1.22. The molecule has 3 aromatic carbocycles. The predicted octanol–water partition coefficient (Wildman–Crippen LogP) is 2.63. The zero-order valence-electron chi connectivity index (χ0n) is 15.4. The van der Waals surface area contributed by atoms with Crippen molar-refractivity contribution in [2.75, 3.05) is 26.3 Å². The van der Waals surface area contributed by atoms with Gasteiger partial charge in [0.25, 0.3) is 0 Å². The van der Waals surface area contributed by atoms with E-state index in [1.165, 1.54) is 28.6 Å². The second-order valence-corrected chi connectivity index (χ2v) is 10.0. The molecule has 4 rings (SSSR count). The van der Waals surface area contributed by atoms with Gasteiger partial charge in [0.1, 0.15) is 10.6 Å². The number of hydrogen-bond donors (Lipinski definition) is 0. The normalized spacial score (nSPS) is 16.0. The van der Waals surface area contributed by atoms with E-state index in [0.29, 0.717) is 13.2 Å². The summed E-state index contributed by atoms with van der Waals surface area (Å²) >= 11 is 0. The Balaban J connectivity index is 1.57. The first-order chi connectivity index (χ1) is 13.9. The molecule has 3 aromatic rings. The lowest BCUT2D eigenvalue weighted by Gasteiger charge is -2.26. The van der Waals surface area contributed by atoms with E-state index in [1.54, 1.807) is 18.2 Å². The number of ether oxygens (including phenoxy) is 1. The van der Waals surface area contributed by atoms with Gasteiger partial charge in [-0.3, -0.25) is 0 Å². The molecule has 1 fully saturated rings. The number of fused-ring (bicyclic) bond motifs is 1. The molecule has 7 nitrogen and oxygen atoms in total. The van der Waals surface area contributed by atoms with Crippen LogP contribution in [0.4, 0.5) is 0 Å². The van der Waals surface area contributed by atoms with Crippen LogP contribution < -0.4 is 4.18 Å². The molecule has 0 saturated carbocycles. The van der Waals surface area contributed by atoms with E-state index in [2.05, 4.69) is 0 Å². The summed E-state index contributed by atoms with van der Waals surface area (Å²) in [6, 6.07) is 17.6. The zero-order valence-corrected chi connectivity index (χ0v) is 17.0. The highest BCUT2D eigenvalue weighted by atomic mass is 32.2. The molecule has 0 amide bonds. The molecule has 0 radical (unpaired) electrons. The largest absolute Gasteiger partial charge is 0.379 e. The first-order valence-corrected chi connectivity index (χ1v) is 11.8. The van der Waals surface area contributed by atoms with Crippen LogP contribution in [-0.2, 0) is 24.9 Å². The summed E-state index contributed by atoms with van der Waals surface area (Å²) in [5, 5.41) is 1.82. The summed E-state index contributed by atoms with van der Waals surface area (Å²) in [4.78, 5) is -0.0874. The van der Waals surface area contributed by atoms with Crippen molar-refractivity contribution in [1.82, 2.24) is 4.31 Å². The SMILES string of the molecule is O=S(=O)(Oc1ccc2ccccc2c1)c1ccc(S(=O)(=O)N2CCOCC2)cc1. The predicted molar refractivity (Wildman–Crippen MR) is 108 cm³/mol. The van der Waals surface area contributed by atoms with Gasteiger partial charge in [-0.15, -0.1) is 0 Å². The molecule has 0 atom stereocenters. The van der Waals surface area contributed by atoms with Crippen LogP contribution in [0, 0.1) is 0 Å². The number of nitrogens with zero attached hydrogens (tertiary/aromatic N) is 1. The van der Waals surface area contributed by atoms with E-state index in [1.807, 2.05) is 24.3 Å². The number of morpholine rings is 1. The maximum Gasteiger partial charge on any atom is 0.339 e. The van der Waals surface area contributed by atoms with Crippen LogP contribution in [-0.4, -0.2) is 47.4 Å². The molecule has 0 unspecified atom stereocenters. The highest BCUT2D eigenvalue weighted by molar-refractivity contribution is 7.89. The van der Waals surface area contributed by atoms with Gasteiger partial charge in [-0.25, -0.2) is 8.42 Å². The molecule has 1 heterocycles. The van der Waals surface area contributed by atoms with Gasteiger partial charge >= 0.3 is 10.1 Å². The molecule has 152 valence electrons. The second-order valence-electron chi connectivity index (χ2n) is 6.53. The molecule has 1 aliphatic rings. The fraction of sp³-hybridized carbons (Fsp3) is 0.200. The molecule has 0 aliphatic carbocycles. The van der Waals surface area contributed by atoms with Crippen LogP contribution in [0.3, 0.4) is 0 Å². The van der Waals surface area contributed by atoms with E-state index in [-0.39, 0.29) is 28.6 Å². The molecule has 1 saturated heterocycles. The van der Waals surface area contributed by atoms with Gasteiger partial charge in [-0.05, 0) is 47.2 Å². The van der Waals surface area contributed by atoms with Crippen molar-refractivity contribution in [3.8, 4) is 5.75 Å². The van der Waals surface area contributed by atoms with Crippen molar-refractivity contribution in [2.45, 2.75) is 9.79 Å². The Morgan fingerprint density at radius 1 is 0.759 bits per heavy atom. The summed E-state index contributed by atoms with van der Waals surface area (Å²) in [6.07, 6.45) is 0. The van der Waals surface area contributed by atoms with Crippen molar-refractivity contribution < 1.29 is 25.8 Å². The Morgan fingerprint density at radius 2 is 1.38 bits per heavy atom. The minimum Gasteiger partial charge on any atom is -0.379 e. The standard InChI is InChI=1S/C20H19NO6S2/c22-28(23,21-11-13-26-14-12-21)19-7-9-20(10-8-19)29(24,25)27-18-6-5-16-3-1-2-4-17(16)15-18/h1-10,15H,11-14H2. The molecule has 0 N–H and O–H groups in total. The van der Waals surface area contributed by atoms with Crippen LogP contribution in [0.2, 0.25) is 0 Å². The number of benzene rings is 3. The third-order valence-corrected chi connectivity index (χ3v) is 7.82. The van der Waals surface area contributed by atoms with E-state index in [0.717, 1.165) is 10.8 Å². The summed E-state index contributed by atoms with van der Waals surface area (Å²) in [5.41, 5.74) is 0. The van der Waals surface area contributed by atoms with E-state index in [9.17, 15) is 16.8 Å². The number of sulfonamides is 1. The molecule has 9 heteroatoms. The van der Waals surface area contributed by atoms with Crippen molar-refractivity contribution in [1.29, 1.82) is 0 Å². The van der Waals surface area contributed by atoms with E-state index < -0.39 is 20.1 Å². The van der Waals surface area contributed by atoms with Crippen LogP contribution in [0.15, 0.2) is 76.5 Å². The molecular weight excluding hydrogens is 414 g/mol. The average molecular weight is 434 g/mol. The molecule has 0 spiro atoms. The van der Waals surface area contributed by atoms with Crippen molar-refractivity contribution in [3.63, 3.8) is 0 Å². The van der Waals surface area contributed by atoms with Crippen LogP contribution >= 0.6 is 0 Å². The van der Waals surface area contributed by atoms with Crippen molar-refractivity contribution >= 4 is 30.9 Å². The molecular formula is C20H19NO6S2. The maximum absolute atomic E-state index is 12.7. The Morgan fingerprint density at radius 3 is 2.07 bits per heavy atom. The lowest BCUT2D eigenvalue weighted by molar-refractivity contribution is 0.0730. The Labute approximate surface area is 169 Å². The third-order valence-electron chi connectivity index (χ3n) is 4.65.